The highest BCUT2D eigenvalue weighted by Crippen LogP contribution is 2.28. The Balaban J connectivity index is 1.85. The van der Waals surface area contributed by atoms with Crippen molar-refractivity contribution in [2.75, 3.05) is 31.7 Å². The number of carboxylic acid groups (broad SMARTS) is 1. The normalized spacial score (nSPS) is 14.4. The molecule has 1 N–H and O–H groups in total. The van der Waals surface area contributed by atoms with Crippen LogP contribution in [0.25, 0.3) is 0 Å². The zero-order valence-corrected chi connectivity index (χ0v) is 11.3. The Morgan fingerprint density at radius 1 is 1.58 bits per heavy atom. The van der Waals surface area contributed by atoms with Crippen molar-refractivity contribution >= 4 is 11.9 Å². The molecule has 6 heteroatoms. The number of nitrogens with zero attached hydrogens (tertiary/aromatic N) is 3. The molecule has 6 nitrogen and oxygen atoms in total. The molecule has 0 spiro atoms. The number of ether oxygens (including phenoxy) is 1. The summed E-state index contributed by atoms with van der Waals surface area (Å²) in [5, 5.41) is 8.91. The second kappa shape index (κ2) is 5.97. The average molecular weight is 265 g/mol. The van der Waals surface area contributed by atoms with E-state index in [9.17, 15) is 4.79 Å². The van der Waals surface area contributed by atoms with Crippen LogP contribution in [0.1, 0.15) is 28.9 Å². The molecule has 0 aliphatic heterocycles. The van der Waals surface area contributed by atoms with Crippen LogP contribution < -0.4 is 4.90 Å². The Morgan fingerprint density at radius 3 is 2.89 bits per heavy atom. The maximum atomic E-state index is 10.9. The van der Waals surface area contributed by atoms with E-state index in [1.54, 1.807) is 6.92 Å². The van der Waals surface area contributed by atoms with Gasteiger partial charge in [0, 0.05) is 26.4 Å². The molecule has 0 atom stereocenters. The smallest absolute Gasteiger partial charge is 0.339 e. The predicted molar refractivity (Wildman–Crippen MR) is 70.5 cm³/mol. The first kappa shape index (κ1) is 13.7. The summed E-state index contributed by atoms with van der Waals surface area (Å²) in [6.07, 6.45) is 3.92. The minimum absolute atomic E-state index is 0.141. The molecule has 1 saturated carbocycles. The predicted octanol–water partition coefficient (Wildman–Crippen LogP) is 1.35. The second-order valence-electron chi connectivity index (χ2n) is 4.91. The number of rotatable bonds is 7. The van der Waals surface area contributed by atoms with E-state index < -0.39 is 5.97 Å². The molecule has 0 bridgehead atoms. The second-order valence-corrected chi connectivity index (χ2v) is 4.91. The van der Waals surface area contributed by atoms with Gasteiger partial charge in [0.1, 0.15) is 0 Å². The molecular formula is C13H19N3O3. The number of aromatic nitrogens is 2. The highest BCUT2D eigenvalue weighted by atomic mass is 16.5. The van der Waals surface area contributed by atoms with Crippen molar-refractivity contribution in [3.63, 3.8) is 0 Å². The number of carboxylic acids is 1. The molecular weight excluding hydrogens is 246 g/mol. The lowest BCUT2D eigenvalue weighted by Gasteiger charge is -2.17. The average Bonchev–Trinajstić information content (AvgIpc) is 3.17. The molecule has 0 unspecified atom stereocenters. The number of aryl methyl sites for hydroxylation is 1. The lowest BCUT2D eigenvalue weighted by atomic mass is 10.2. The number of carbonyl (C=O) groups is 1. The van der Waals surface area contributed by atoms with Gasteiger partial charge in [0.05, 0.1) is 17.9 Å². The van der Waals surface area contributed by atoms with E-state index in [-0.39, 0.29) is 5.56 Å². The number of likely N-dealkylation sites (N-methyl/N-ethyl adjacent to an activating group) is 1. The molecule has 1 aromatic heterocycles. The van der Waals surface area contributed by atoms with Crippen molar-refractivity contribution in [1.29, 1.82) is 0 Å². The van der Waals surface area contributed by atoms with E-state index >= 15 is 0 Å². The van der Waals surface area contributed by atoms with Gasteiger partial charge in [0.2, 0.25) is 5.95 Å². The minimum atomic E-state index is -1.00. The summed E-state index contributed by atoms with van der Waals surface area (Å²) in [5.41, 5.74) is 0.616. The standard InChI is InChI=1S/C13H19N3O3/c1-9-11(12(17)18)7-14-13(15-9)16(2)5-6-19-8-10-3-4-10/h7,10H,3-6,8H2,1-2H3,(H,17,18). The van der Waals surface area contributed by atoms with Gasteiger partial charge in [0.25, 0.3) is 0 Å². The van der Waals surface area contributed by atoms with Crippen molar-refractivity contribution < 1.29 is 14.6 Å². The van der Waals surface area contributed by atoms with Gasteiger partial charge in [-0.2, -0.15) is 0 Å². The maximum absolute atomic E-state index is 10.9. The van der Waals surface area contributed by atoms with E-state index in [1.807, 2.05) is 11.9 Å². The van der Waals surface area contributed by atoms with Crippen LogP contribution in [0, 0.1) is 12.8 Å². The van der Waals surface area contributed by atoms with E-state index in [0.717, 1.165) is 12.5 Å². The van der Waals surface area contributed by atoms with Crippen molar-refractivity contribution in [2.24, 2.45) is 5.92 Å². The summed E-state index contributed by atoms with van der Waals surface area (Å²) in [6, 6.07) is 0. The van der Waals surface area contributed by atoms with Gasteiger partial charge in [-0.25, -0.2) is 14.8 Å². The summed E-state index contributed by atoms with van der Waals surface area (Å²) in [5.74, 6) is 0.288. The fourth-order valence-corrected chi connectivity index (χ4v) is 1.68. The third kappa shape index (κ3) is 3.89. The van der Waals surface area contributed by atoms with Crippen LogP contribution in [-0.2, 0) is 4.74 Å². The van der Waals surface area contributed by atoms with Crippen LogP contribution >= 0.6 is 0 Å². The fraction of sp³-hybridized carbons (Fsp3) is 0.615. The minimum Gasteiger partial charge on any atom is -0.478 e. The Labute approximate surface area is 112 Å². The zero-order chi connectivity index (χ0) is 13.8. The van der Waals surface area contributed by atoms with Gasteiger partial charge < -0.3 is 14.7 Å². The first-order valence-corrected chi connectivity index (χ1v) is 6.43. The molecule has 1 aromatic rings. The van der Waals surface area contributed by atoms with Crippen molar-refractivity contribution in [1.82, 2.24) is 9.97 Å². The first-order valence-electron chi connectivity index (χ1n) is 6.43. The summed E-state index contributed by atoms with van der Waals surface area (Å²) in [7, 11) is 1.87. The number of hydrogen-bond donors (Lipinski definition) is 1. The van der Waals surface area contributed by atoms with Crippen LogP contribution in [0.5, 0.6) is 0 Å². The number of hydrogen-bond acceptors (Lipinski definition) is 5. The lowest BCUT2D eigenvalue weighted by molar-refractivity contribution is 0.0695. The van der Waals surface area contributed by atoms with Gasteiger partial charge in [0.15, 0.2) is 0 Å². The quantitative estimate of drug-likeness (QED) is 0.750. The van der Waals surface area contributed by atoms with Gasteiger partial charge in [-0.1, -0.05) is 0 Å². The molecule has 0 aromatic carbocycles. The third-order valence-corrected chi connectivity index (χ3v) is 3.16. The molecule has 1 aliphatic carbocycles. The molecule has 1 fully saturated rings. The van der Waals surface area contributed by atoms with Crippen LogP contribution in [-0.4, -0.2) is 47.8 Å². The summed E-state index contributed by atoms with van der Waals surface area (Å²) in [6.45, 7) is 3.84. The Morgan fingerprint density at radius 2 is 2.32 bits per heavy atom. The van der Waals surface area contributed by atoms with Crippen LogP contribution in [0.4, 0.5) is 5.95 Å². The monoisotopic (exact) mass is 265 g/mol. The van der Waals surface area contributed by atoms with Crippen molar-refractivity contribution in [3.8, 4) is 0 Å². The van der Waals surface area contributed by atoms with Gasteiger partial charge in [-0.05, 0) is 25.7 Å². The lowest BCUT2D eigenvalue weighted by Crippen LogP contribution is -2.25. The number of anilines is 1. The molecule has 0 radical (unpaired) electrons. The Hall–Kier alpha value is -1.69. The van der Waals surface area contributed by atoms with Gasteiger partial charge in [-0.15, -0.1) is 0 Å². The summed E-state index contributed by atoms with van der Waals surface area (Å²) in [4.78, 5) is 21.0. The molecule has 2 rings (SSSR count). The van der Waals surface area contributed by atoms with E-state index in [1.165, 1.54) is 19.0 Å². The zero-order valence-electron chi connectivity index (χ0n) is 11.3. The molecule has 0 amide bonds. The maximum Gasteiger partial charge on any atom is 0.339 e. The summed E-state index contributed by atoms with van der Waals surface area (Å²) >= 11 is 0. The SMILES string of the molecule is Cc1nc(N(C)CCOCC2CC2)ncc1C(=O)O. The number of aromatic carboxylic acids is 1. The van der Waals surface area contributed by atoms with Crippen LogP contribution in [0.15, 0.2) is 6.20 Å². The highest BCUT2D eigenvalue weighted by Gasteiger charge is 2.21. The topological polar surface area (TPSA) is 75.5 Å². The van der Waals surface area contributed by atoms with E-state index in [2.05, 4.69) is 9.97 Å². The van der Waals surface area contributed by atoms with Crippen LogP contribution in [0.2, 0.25) is 0 Å². The van der Waals surface area contributed by atoms with Gasteiger partial charge >= 0.3 is 5.97 Å². The third-order valence-electron chi connectivity index (χ3n) is 3.16. The molecule has 19 heavy (non-hydrogen) atoms. The summed E-state index contributed by atoms with van der Waals surface area (Å²) < 4.78 is 5.55. The first-order chi connectivity index (χ1) is 9.08. The highest BCUT2D eigenvalue weighted by molar-refractivity contribution is 5.88. The Bertz CT molecular complexity index is 460. The molecule has 104 valence electrons. The molecule has 0 saturated heterocycles. The van der Waals surface area contributed by atoms with Crippen LogP contribution in [0.3, 0.4) is 0 Å². The molecule has 1 aliphatic rings. The fourth-order valence-electron chi connectivity index (χ4n) is 1.68. The van der Waals surface area contributed by atoms with Crippen molar-refractivity contribution in [2.45, 2.75) is 19.8 Å². The van der Waals surface area contributed by atoms with Gasteiger partial charge in [-0.3, -0.25) is 0 Å². The largest absolute Gasteiger partial charge is 0.478 e. The molecule has 1 heterocycles. The van der Waals surface area contributed by atoms with E-state index in [4.69, 9.17) is 9.84 Å². The van der Waals surface area contributed by atoms with E-state index in [0.29, 0.717) is 24.8 Å². The van der Waals surface area contributed by atoms with Crippen molar-refractivity contribution in [3.05, 3.63) is 17.5 Å². The Kier molecular flexibility index (Phi) is 4.31.